The summed E-state index contributed by atoms with van der Waals surface area (Å²) in [5, 5.41) is 0. The monoisotopic (exact) mass is 244 g/mol. The Bertz CT molecular complexity index is 476. The van der Waals surface area contributed by atoms with E-state index in [1.54, 1.807) is 23.1 Å². The summed E-state index contributed by atoms with van der Waals surface area (Å²) in [5.41, 5.74) is 0.866. The Balaban J connectivity index is 2.19. The lowest BCUT2D eigenvalue weighted by molar-refractivity contribution is 0.0303. The van der Waals surface area contributed by atoms with E-state index >= 15 is 0 Å². The lowest BCUT2D eigenvalue weighted by Crippen LogP contribution is -2.40. The van der Waals surface area contributed by atoms with Crippen LogP contribution in [0.1, 0.15) is 20.7 Å². The summed E-state index contributed by atoms with van der Waals surface area (Å²) in [5.74, 6) is -0.308. The van der Waals surface area contributed by atoms with Gasteiger partial charge in [0.1, 0.15) is 0 Å². The van der Waals surface area contributed by atoms with Crippen LogP contribution in [0, 0.1) is 6.07 Å². The average Bonchev–Trinajstić information content (AvgIpc) is 2.46. The van der Waals surface area contributed by atoms with E-state index in [4.69, 9.17) is 4.74 Å². The second-order valence-electron chi connectivity index (χ2n) is 3.96. The van der Waals surface area contributed by atoms with Crippen LogP contribution < -0.4 is 0 Å². The van der Waals surface area contributed by atoms with Crippen molar-refractivity contribution in [1.82, 2.24) is 4.90 Å². The predicted molar refractivity (Wildman–Crippen MR) is 66.5 cm³/mol. The maximum atomic E-state index is 12.2. The molecule has 1 amide bonds. The Labute approximate surface area is 106 Å². The molecule has 0 bridgehead atoms. The molecule has 93 valence electrons. The number of morpholine rings is 1. The van der Waals surface area contributed by atoms with E-state index in [1.807, 2.05) is 0 Å². The first-order valence-electron chi connectivity index (χ1n) is 5.78. The molecule has 0 aliphatic carbocycles. The lowest BCUT2D eigenvalue weighted by atomic mass is 10.1. The molecule has 1 fully saturated rings. The molecule has 2 rings (SSSR count). The number of benzene rings is 1. The average molecular weight is 244 g/mol. The second kappa shape index (κ2) is 5.60. The zero-order valence-corrected chi connectivity index (χ0v) is 10.0. The highest BCUT2D eigenvalue weighted by Crippen LogP contribution is 2.10. The van der Waals surface area contributed by atoms with Crippen LogP contribution in [0.5, 0.6) is 0 Å². The number of rotatable bonds is 3. The van der Waals surface area contributed by atoms with Crippen molar-refractivity contribution in [2.24, 2.45) is 0 Å². The zero-order valence-electron chi connectivity index (χ0n) is 10.0. The van der Waals surface area contributed by atoms with Gasteiger partial charge in [0.15, 0.2) is 5.78 Å². The van der Waals surface area contributed by atoms with Gasteiger partial charge in [0.2, 0.25) is 0 Å². The van der Waals surface area contributed by atoms with Gasteiger partial charge >= 0.3 is 0 Å². The molecule has 1 aliphatic heterocycles. The molecule has 4 nitrogen and oxygen atoms in total. The van der Waals surface area contributed by atoms with E-state index in [9.17, 15) is 9.59 Å². The molecule has 1 aromatic rings. The van der Waals surface area contributed by atoms with Crippen molar-refractivity contribution in [3.8, 4) is 0 Å². The third kappa shape index (κ3) is 2.65. The van der Waals surface area contributed by atoms with Crippen molar-refractivity contribution in [3.05, 3.63) is 48.0 Å². The molecule has 0 N–H and O–H groups in total. The van der Waals surface area contributed by atoms with Gasteiger partial charge in [-0.15, -0.1) is 0 Å². The van der Waals surface area contributed by atoms with Crippen molar-refractivity contribution in [1.29, 1.82) is 0 Å². The second-order valence-corrected chi connectivity index (χ2v) is 3.96. The largest absolute Gasteiger partial charge is 0.378 e. The molecule has 1 saturated heterocycles. The number of allylic oxidation sites excluding steroid dienone is 1. The molecule has 1 heterocycles. The van der Waals surface area contributed by atoms with Gasteiger partial charge < -0.3 is 9.64 Å². The molecule has 1 aromatic carbocycles. The fraction of sp³-hybridized carbons (Fsp3) is 0.286. The van der Waals surface area contributed by atoms with Gasteiger partial charge in [0.05, 0.1) is 13.2 Å². The molecule has 0 unspecified atom stereocenters. The van der Waals surface area contributed by atoms with Crippen molar-refractivity contribution >= 4 is 11.7 Å². The van der Waals surface area contributed by atoms with Gasteiger partial charge in [-0.1, -0.05) is 12.6 Å². The van der Waals surface area contributed by atoms with Crippen LogP contribution >= 0.6 is 0 Å². The number of ketones is 1. The van der Waals surface area contributed by atoms with Crippen LogP contribution in [0.15, 0.2) is 30.9 Å². The fourth-order valence-electron chi connectivity index (χ4n) is 1.80. The predicted octanol–water partition coefficient (Wildman–Crippen LogP) is 1.33. The van der Waals surface area contributed by atoms with Gasteiger partial charge in [-0.2, -0.15) is 0 Å². The van der Waals surface area contributed by atoms with Crippen LogP contribution in [0.25, 0.3) is 0 Å². The van der Waals surface area contributed by atoms with Crippen molar-refractivity contribution in [2.45, 2.75) is 0 Å². The minimum Gasteiger partial charge on any atom is -0.378 e. The van der Waals surface area contributed by atoms with Crippen LogP contribution in [0.3, 0.4) is 0 Å². The minimum absolute atomic E-state index is 0.0783. The molecule has 0 aromatic heterocycles. The summed E-state index contributed by atoms with van der Waals surface area (Å²) in [4.78, 5) is 25.4. The van der Waals surface area contributed by atoms with Crippen LogP contribution in [-0.2, 0) is 4.74 Å². The minimum atomic E-state index is -0.230. The summed E-state index contributed by atoms with van der Waals surface area (Å²) >= 11 is 0. The normalized spacial score (nSPS) is 15.2. The number of carbonyl (C=O) groups is 2. The van der Waals surface area contributed by atoms with Crippen LogP contribution in [-0.4, -0.2) is 42.9 Å². The SMILES string of the molecule is C=CC(=O)c1[c]ccc(C(=O)N2CCOCC2)c1. The van der Waals surface area contributed by atoms with Gasteiger partial charge in [-0.05, 0) is 24.3 Å². The highest BCUT2D eigenvalue weighted by Gasteiger charge is 2.19. The molecular formula is C14H14NO3. The zero-order chi connectivity index (χ0) is 13.0. The first-order valence-corrected chi connectivity index (χ1v) is 5.78. The van der Waals surface area contributed by atoms with Gasteiger partial charge in [-0.3, -0.25) is 9.59 Å². The van der Waals surface area contributed by atoms with E-state index < -0.39 is 0 Å². The van der Waals surface area contributed by atoms with Crippen LogP contribution in [0.4, 0.5) is 0 Å². The van der Waals surface area contributed by atoms with E-state index in [0.717, 1.165) is 0 Å². The van der Waals surface area contributed by atoms with Crippen molar-refractivity contribution in [3.63, 3.8) is 0 Å². The third-order valence-corrected chi connectivity index (χ3v) is 2.80. The van der Waals surface area contributed by atoms with E-state index in [1.165, 1.54) is 6.08 Å². The smallest absolute Gasteiger partial charge is 0.254 e. The summed E-state index contributed by atoms with van der Waals surface area (Å²) in [6.45, 7) is 5.71. The fourth-order valence-corrected chi connectivity index (χ4v) is 1.80. The van der Waals surface area contributed by atoms with Crippen LogP contribution in [0.2, 0.25) is 0 Å². The van der Waals surface area contributed by atoms with E-state index in [0.29, 0.717) is 37.4 Å². The first-order chi connectivity index (χ1) is 8.72. The number of hydrogen-bond donors (Lipinski definition) is 0. The maximum Gasteiger partial charge on any atom is 0.254 e. The van der Waals surface area contributed by atoms with Crippen molar-refractivity contribution < 1.29 is 14.3 Å². The maximum absolute atomic E-state index is 12.2. The highest BCUT2D eigenvalue weighted by molar-refractivity contribution is 6.05. The Morgan fingerprint density at radius 1 is 1.39 bits per heavy atom. The van der Waals surface area contributed by atoms with Gasteiger partial charge in [0.25, 0.3) is 5.91 Å². The lowest BCUT2D eigenvalue weighted by Gasteiger charge is -2.26. The molecular weight excluding hydrogens is 230 g/mol. The van der Waals surface area contributed by atoms with E-state index in [-0.39, 0.29) is 11.7 Å². The number of amides is 1. The summed E-state index contributed by atoms with van der Waals surface area (Å²) in [6, 6.07) is 7.61. The Morgan fingerprint density at radius 3 is 2.78 bits per heavy atom. The number of nitrogens with zero attached hydrogens (tertiary/aromatic N) is 1. The Kier molecular flexibility index (Phi) is 3.89. The summed E-state index contributed by atoms with van der Waals surface area (Å²) in [7, 11) is 0. The van der Waals surface area contributed by atoms with Crippen molar-refractivity contribution in [2.75, 3.05) is 26.3 Å². The molecule has 1 aliphatic rings. The molecule has 4 heteroatoms. The summed E-state index contributed by atoms with van der Waals surface area (Å²) < 4.78 is 5.20. The van der Waals surface area contributed by atoms with Gasteiger partial charge in [-0.25, -0.2) is 0 Å². The Morgan fingerprint density at radius 2 is 2.11 bits per heavy atom. The number of carbonyl (C=O) groups excluding carboxylic acids is 2. The highest BCUT2D eigenvalue weighted by atomic mass is 16.5. The third-order valence-electron chi connectivity index (χ3n) is 2.80. The molecule has 18 heavy (non-hydrogen) atoms. The Hall–Kier alpha value is -1.94. The molecule has 1 radical (unpaired) electrons. The first kappa shape index (κ1) is 12.5. The topological polar surface area (TPSA) is 46.6 Å². The van der Waals surface area contributed by atoms with Gasteiger partial charge in [0, 0.05) is 24.2 Å². The molecule has 0 atom stereocenters. The molecule has 0 saturated carbocycles. The standard InChI is InChI=1S/C14H14NO3/c1-2-13(16)11-4-3-5-12(10-11)14(17)15-6-8-18-9-7-15/h2-3,5,10H,1,6-9H2. The molecule has 0 spiro atoms. The van der Waals surface area contributed by atoms with E-state index in [2.05, 4.69) is 12.6 Å². The number of hydrogen-bond acceptors (Lipinski definition) is 3. The quantitative estimate of drug-likeness (QED) is 0.595. The number of ether oxygens (including phenoxy) is 1. The summed E-state index contributed by atoms with van der Waals surface area (Å²) in [6.07, 6.45) is 1.22.